The zero-order valence-corrected chi connectivity index (χ0v) is 10.2. The van der Waals surface area contributed by atoms with Crippen molar-refractivity contribution in [3.63, 3.8) is 0 Å². The Labute approximate surface area is 109 Å². The largest absolute Gasteiger partial charge is 0.471 e. The predicted octanol–water partition coefficient (Wildman–Crippen LogP) is 1.81. The average Bonchev–Trinajstić information content (AvgIpc) is 2.39. The fraction of sp³-hybridized carbons (Fsp3) is 0.462. The van der Waals surface area contributed by atoms with Gasteiger partial charge in [-0.05, 0) is 18.5 Å². The van der Waals surface area contributed by atoms with E-state index in [1.165, 1.54) is 0 Å². The molecule has 0 aromatic heterocycles. The van der Waals surface area contributed by atoms with Crippen LogP contribution in [-0.4, -0.2) is 31.2 Å². The highest BCUT2D eigenvalue weighted by atomic mass is 19.4. The molecule has 1 heterocycles. The van der Waals surface area contributed by atoms with Crippen LogP contribution in [0.25, 0.3) is 0 Å². The summed E-state index contributed by atoms with van der Waals surface area (Å²) in [5.74, 6) is -1.96. The number of hydrogen-bond donors (Lipinski definition) is 2. The van der Waals surface area contributed by atoms with E-state index in [4.69, 9.17) is 0 Å². The van der Waals surface area contributed by atoms with E-state index in [-0.39, 0.29) is 5.92 Å². The highest BCUT2D eigenvalue weighted by Crippen LogP contribution is 2.26. The summed E-state index contributed by atoms with van der Waals surface area (Å²) >= 11 is 0. The molecular formula is C13H15F3N2O. The van der Waals surface area contributed by atoms with Crippen molar-refractivity contribution in [2.24, 2.45) is 0 Å². The number of alkyl halides is 3. The molecule has 2 N–H and O–H groups in total. The quantitative estimate of drug-likeness (QED) is 0.862. The number of carbonyl (C=O) groups is 1. The van der Waals surface area contributed by atoms with Crippen LogP contribution in [0.15, 0.2) is 30.3 Å². The molecule has 2 rings (SSSR count). The topological polar surface area (TPSA) is 41.1 Å². The number of carbonyl (C=O) groups excluding carboxylic acids is 1. The summed E-state index contributed by atoms with van der Waals surface area (Å²) in [6.07, 6.45) is -4.13. The zero-order chi connectivity index (χ0) is 13.9. The molecule has 1 aliphatic rings. The van der Waals surface area contributed by atoms with E-state index in [2.05, 4.69) is 10.6 Å². The molecule has 1 fully saturated rings. The van der Waals surface area contributed by atoms with Crippen molar-refractivity contribution >= 4 is 5.91 Å². The van der Waals surface area contributed by atoms with Gasteiger partial charge in [-0.3, -0.25) is 4.79 Å². The molecule has 1 aromatic carbocycles. The molecule has 6 heteroatoms. The van der Waals surface area contributed by atoms with Crippen LogP contribution < -0.4 is 10.6 Å². The highest BCUT2D eigenvalue weighted by Gasteiger charge is 2.41. The normalized spacial score (nSPS) is 23.9. The Morgan fingerprint density at radius 1 is 1.26 bits per heavy atom. The van der Waals surface area contributed by atoms with E-state index in [1.54, 1.807) is 0 Å². The van der Waals surface area contributed by atoms with Gasteiger partial charge in [0.25, 0.3) is 0 Å². The van der Waals surface area contributed by atoms with Crippen LogP contribution in [0.3, 0.4) is 0 Å². The molecule has 0 spiro atoms. The van der Waals surface area contributed by atoms with Gasteiger partial charge >= 0.3 is 12.1 Å². The molecular weight excluding hydrogens is 257 g/mol. The van der Waals surface area contributed by atoms with E-state index in [1.807, 2.05) is 30.3 Å². The van der Waals surface area contributed by atoms with Gasteiger partial charge in [0.2, 0.25) is 0 Å². The SMILES string of the molecule is O=C(NC1CNCCC1c1ccccc1)C(F)(F)F. The maximum absolute atomic E-state index is 12.3. The molecule has 0 bridgehead atoms. The summed E-state index contributed by atoms with van der Waals surface area (Å²) in [4.78, 5) is 11.0. The number of amides is 1. The second kappa shape index (κ2) is 5.61. The molecule has 2 atom stereocenters. The van der Waals surface area contributed by atoms with Crippen molar-refractivity contribution in [3.05, 3.63) is 35.9 Å². The maximum Gasteiger partial charge on any atom is 0.471 e. The predicted molar refractivity (Wildman–Crippen MR) is 64.7 cm³/mol. The second-order valence-electron chi connectivity index (χ2n) is 4.59. The Kier molecular flexibility index (Phi) is 4.09. The van der Waals surface area contributed by atoms with Crippen LogP contribution in [0.1, 0.15) is 17.9 Å². The number of halogens is 3. The van der Waals surface area contributed by atoms with Crippen LogP contribution >= 0.6 is 0 Å². The van der Waals surface area contributed by atoms with E-state index < -0.39 is 18.1 Å². The first-order valence-corrected chi connectivity index (χ1v) is 6.12. The monoisotopic (exact) mass is 272 g/mol. The van der Waals surface area contributed by atoms with Gasteiger partial charge in [0.05, 0.1) is 0 Å². The van der Waals surface area contributed by atoms with E-state index >= 15 is 0 Å². The molecule has 3 nitrogen and oxygen atoms in total. The number of hydrogen-bond acceptors (Lipinski definition) is 2. The molecule has 1 aromatic rings. The molecule has 1 aliphatic heterocycles. The van der Waals surface area contributed by atoms with Gasteiger partial charge in [0, 0.05) is 18.5 Å². The van der Waals surface area contributed by atoms with Crippen LogP contribution in [0, 0.1) is 0 Å². The van der Waals surface area contributed by atoms with Gasteiger partial charge in [-0.2, -0.15) is 13.2 Å². The van der Waals surface area contributed by atoms with Crippen molar-refractivity contribution in [2.45, 2.75) is 24.6 Å². The number of nitrogens with one attached hydrogen (secondary N) is 2. The molecule has 1 saturated heterocycles. The van der Waals surface area contributed by atoms with Crippen LogP contribution in [0.2, 0.25) is 0 Å². The van der Waals surface area contributed by atoms with Gasteiger partial charge in [0.1, 0.15) is 0 Å². The minimum atomic E-state index is -4.83. The van der Waals surface area contributed by atoms with Crippen molar-refractivity contribution in [2.75, 3.05) is 13.1 Å². The second-order valence-corrected chi connectivity index (χ2v) is 4.59. The first kappa shape index (κ1) is 13.9. The third kappa shape index (κ3) is 3.47. The van der Waals surface area contributed by atoms with Crippen LogP contribution in [-0.2, 0) is 4.79 Å². The average molecular weight is 272 g/mol. The third-order valence-electron chi connectivity index (χ3n) is 3.28. The standard InChI is InChI=1S/C13H15F3N2O/c14-13(15,16)12(19)18-11-8-17-7-6-10(11)9-4-2-1-3-5-9/h1-5,10-11,17H,6-8H2,(H,18,19). The van der Waals surface area contributed by atoms with Crippen LogP contribution in [0.5, 0.6) is 0 Å². The zero-order valence-electron chi connectivity index (χ0n) is 10.2. The summed E-state index contributed by atoms with van der Waals surface area (Å²) in [6.45, 7) is 1.08. The Bertz CT molecular complexity index is 433. The highest BCUT2D eigenvalue weighted by molar-refractivity contribution is 5.82. The Morgan fingerprint density at radius 2 is 1.95 bits per heavy atom. The maximum atomic E-state index is 12.3. The van der Waals surface area contributed by atoms with Gasteiger partial charge in [-0.25, -0.2) is 0 Å². The lowest BCUT2D eigenvalue weighted by Crippen LogP contribution is -2.53. The first-order valence-electron chi connectivity index (χ1n) is 6.12. The fourth-order valence-electron chi connectivity index (χ4n) is 2.36. The van der Waals surface area contributed by atoms with E-state index in [0.717, 1.165) is 12.1 Å². The lowest BCUT2D eigenvalue weighted by Gasteiger charge is -2.33. The molecule has 2 unspecified atom stereocenters. The summed E-state index contributed by atoms with van der Waals surface area (Å²) < 4.78 is 36.9. The summed E-state index contributed by atoms with van der Waals surface area (Å²) in [5, 5.41) is 5.09. The van der Waals surface area contributed by atoms with Crippen LogP contribution in [0.4, 0.5) is 13.2 Å². The van der Waals surface area contributed by atoms with E-state index in [9.17, 15) is 18.0 Å². The van der Waals surface area contributed by atoms with Gasteiger partial charge in [0.15, 0.2) is 0 Å². The minimum absolute atomic E-state index is 0.0891. The Balaban J connectivity index is 2.11. The molecule has 19 heavy (non-hydrogen) atoms. The lowest BCUT2D eigenvalue weighted by molar-refractivity contribution is -0.174. The van der Waals surface area contributed by atoms with Crippen molar-refractivity contribution in [1.82, 2.24) is 10.6 Å². The van der Waals surface area contributed by atoms with Crippen molar-refractivity contribution < 1.29 is 18.0 Å². The summed E-state index contributed by atoms with van der Waals surface area (Å²) in [6, 6.07) is 8.77. The third-order valence-corrected chi connectivity index (χ3v) is 3.28. The molecule has 0 aliphatic carbocycles. The van der Waals surface area contributed by atoms with Gasteiger partial charge < -0.3 is 10.6 Å². The Morgan fingerprint density at radius 3 is 2.58 bits per heavy atom. The number of benzene rings is 1. The fourth-order valence-corrected chi connectivity index (χ4v) is 2.36. The molecule has 0 saturated carbocycles. The summed E-state index contributed by atoms with van der Waals surface area (Å²) in [5.41, 5.74) is 0.955. The lowest BCUT2D eigenvalue weighted by atomic mass is 9.86. The van der Waals surface area contributed by atoms with Crippen molar-refractivity contribution in [3.8, 4) is 0 Å². The Hall–Kier alpha value is -1.56. The smallest absolute Gasteiger partial charge is 0.344 e. The minimum Gasteiger partial charge on any atom is -0.344 e. The van der Waals surface area contributed by atoms with Gasteiger partial charge in [-0.1, -0.05) is 30.3 Å². The van der Waals surface area contributed by atoms with Crippen molar-refractivity contribution in [1.29, 1.82) is 0 Å². The number of rotatable bonds is 2. The number of piperidine rings is 1. The molecule has 0 radical (unpaired) electrons. The molecule has 1 amide bonds. The summed E-state index contributed by atoms with van der Waals surface area (Å²) in [7, 11) is 0. The van der Waals surface area contributed by atoms with Gasteiger partial charge in [-0.15, -0.1) is 0 Å². The first-order chi connectivity index (χ1) is 8.98. The molecule has 104 valence electrons. The van der Waals surface area contributed by atoms with E-state index in [0.29, 0.717) is 13.0 Å².